The smallest absolute Gasteiger partial charge is 0.240 e. The van der Waals surface area contributed by atoms with Crippen LogP contribution in [-0.4, -0.2) is 16.4 Å². The van der Waals surface area contributed by atoms with Crippen LogP contribution in [0.15, 0.2) is 24.3 Å². The van der Waals surface area contributed by atoms with E-state index in [1.165, 1.54) is 23.5 Å². The fraction of sp³-hybridized carbons (Fsp3) is 0.474. The van der Waals surface area contributed by atoms with Gasteiger partial charge in [0.1, 0.15) is 10.8 Å². The van der Waals surface area contributed by atoms with Crippen LogP contribution in [0.2, 0.25) is 0 Å². The van der Waals surface area contributed by atoms with E-state index in [-0.39, 0.29) is 30.2 Å². The molecule has 3 N–H and O–H groups in total. The Morgan fingerprint density at radius 1 is 1.27 bits per heavy atom. The normalized spacial score (nSPS) is 17.2. The van der Waals surface area contributed by atoms with Gasteiger partial charge in [-0.15, -0.1) is 23.7 Å². The predicted molar refractivity (Wildman–Crippen MR) is 106 cm³/mol. The zero-order valence-electron chi connectivity index (χ0n) is 15.0. The highest BCUT2D eigenvalue weighted by Gasteiger charge is 2.36. The number of hydrogen-bond donors (Lipinski definition) is 2. The number of carbonyl (C=O) groups is 1. The molecule has 1 heterocycles. The summed E-state index contributed by atoms with van der Waals surface area (Å²) in [5.74, 6) is -0.338. The highest BCUT2D eigenvalue weighted by atomic mass is 35.5. The van der Waals surface area contributed by atoms with Gasteiger partial charge in [-0.05, 0) is 51.0 Å². The molecule has 0 saturated heterocycles. The van der Waals surface area contributed by atoms with Crippen molar-refractivity contribution >= 4 is 29.7 Å². The van der Waals surface area contributed by atoms with Crippen molar-refractivity contribution in [2.75, 3.05) is 0 Å². The lowest BCUT2D eigenvalue weighted by atomic mass is 9.82. The maximum Gasteiger partial charge on any atom is 0.240 e. The summed E-state index contributed by atoms with van der Waals surface area (Å²) in [7, 11) is 0. The van der Waals surface area contributed by atoms with Crippen LogP contribution in [0.5, 0.6) is 0 Å². The van der Waals surface area contributed by atoms with Crippen molar-refractivity contribution in [1.82, 2.24) is 10.3 Å². The number of benzene rings is 1. The summed E-state index contributed by atoms with van der Waals surface area (Å²) in [5, 5.41) is 3.90. The van der Waals surface area contributed by atoms with Gasteiger partial charge in [0.25, 0.3) is 0 Å². The van der Waals surface area contributed by atoms with E-state index in [9.17, 15) is 9.18 Å². The molecular formula is C19H25ClFN3OS. The minimum Gasteiger partial charge on any atom is -0.347 e. The number of nitrogens with zero attached hydrogens (tertiary/aromatic N) is 1. The summed E-state index contributed by atoms with van der Waals surface area (Å²) in [6, 6.07) is 6.15. The summed E-state index contributed by atoms with van der Waals surface area (Å²) < 4.78 is 13.1. The predicted octanol–water partition coefficient (Wildman–Crippen LogP) is 4.52. The Labute approximate surface area is 163 Å². The fourth-order valence-electron chi connectivity index (χ4n) is 3.34. The van der Waals surface area contributed by atoms with E-state index in [0.29, 0.717) is 0 Å². The number of thiazole rings is 1. The number of aryl methyl sites for hydroxylation is 1. The Morgan fingerprint density at radius 2 is 1.88 bits per heavy atom. The van der Waals surface area contributed by atoms with Gasteiger partial charge in [0.05, 0.1) is 22.2 Å². The highest BCUT2D eigenvalue weighted by Crippen LogP contribution is 2.33. The molecule has 0 spiro atoms. The lowest BCUT2D eigenvalue weighted by Gasteiger charge is -2.32. The summed E-state index contributed by atoms with van der Waals surface area (Å²) in [5.41, 5.74) is 7.33. The van der Waals surface area contributed by atoms with Crippen LogP contribution >= 0.6 is 23.7 Å². The SMILES string of the molecule is Cc1nc(-c2ccc(F)cc2)sc1C(C)NC(=O)C1(N)CCCCC1.Cl. The van der Waals surface area contributed by atoms with Crippen LogP contribution in [0.25, 0.3) is 10.6 Å². The Hall–Kier alpha value is -1.50. The number of halogens is 2. The molecule has 7 heteroatoms. The largest absolute Gasteiger partial charge is 0.347 e. The molecule has 0 bridgehead atoms. The van der Waals surface area contributed by atoms with Crippen molar-refractivity contribution in [2.45, 2.75) is 57.5 Å². The van der Waals surface area contributed by atoms with E-state index in [0.717, 1.165) is 53.2 Å². The molecule has 0 radical (unpaired) electrons. The first-order valence-corrected chi connectivity index (χ1v) is 9.54. The Balaban J connectivity index is 0.00000243. The molecule has 1 aromatic heterocycles. The van der Waals surface area contributed by atoms with E-state index >= 15 is 0 Å². The van der Waals surface area contributed by atoms with Gasteiger partial charge in [0.15, 0.2) is 0 Å². The first-order chi connectivity index (χ1) is 11.9. The van der Waals surface area contributed by atoms with Crippen molar-refractivity contribution in [2.24, 2.45) is 5.73 Å². The van der Waals surface area contributed by atoms with Crippen LogP contribution in [-0.2, 0) is 4.79 Å². The molecule has 1 aliphatic carbocycles. The zero-order valence-corrected chi connectivity index (χ0v) is 16.7. The molecule has 26 heavy (non-hydrogen) atoms. The van der Waals surface area contributed by atoms with Gasteiger partial charge >= 0.3 is 0 Å². The van der Waals surface area contributed by atoms with Crippen molar-refractivity contribution in [3.8, 4) is 10.6 Å². The van der Waals surface area contributed by atoms with Gasteiger partial charge in [-0.1, -0.05) is 19.3 Å². The zero-order chi connectivity index (χ0) is 18.0. The third-order valence-corrected chi connectivity index (χ3v) is 6.25. The summed E-state index contributed by atoms with van der Waals surface area (Å²) >= 11 is 1.53. The van der Waals surface area contributed by atoms with E-state index in [2.05, 4.69) is 10.3 Å². The lowest BCUT2D eigenvalue weighted by molar-refractivity contribution is -0.128. The molecule has 1 amide bonds. The van der Waals surface area contributed by atoms with E-state index in [4.69, 9.17) is 5.73 Å². The first kappa shape index (κ1) is 20.8. The Kier molecular flexibility index (Phi) is 6.77. The molecule has 1 fully saturated rings. The molecule has 3 rings (SSSR count). The third-order valence-electron chi connectivity index (χ3n) is 4.86. The number of hydrogen-bond acceptors (Lipinski definition) is 4. The summed E-state index contributed by atoms with van der Waals surface area (Å²) in [4.78, 5) is 18.2. The van der Waals surface area contributed by atoms with Crippen LogP contribution in [0.4, 0.5) is 4.39 Å². The van der Waals surface area contributed by atoms with Crippen molar-refractivity contribution in [3.05, 3.63) is 40.7 Å². The molecule has 0 aliphatic heterocycles. The quantitative estimate of drug-likeness (QED) is 0.797. The lowest BCUT2D eigenvalue weighted by Crippen LogP contribution is -2.55. The second-order valence-electron chi connectivity index (χ2n) is 6.89. The van der Waals surface area contributed by atoms with Gasteiger partial charge in [0, 0.05) is 5.56 Å². The van der Waals surface area contributed by atoms with Crippen LogP contribution in [0.1, 0.15) is 55.6 Å². The number of nitrogens with one attached hydrogen (secondary N) is 1. The number of amides is 1. The molecular weight excluding hydrogens is 373 g/mol. The molecule has 1 unspecified atom stereocenters. The molecule has 1 aromatic carbocycles. The molecule has 4 nitrogen and oxygen atoms in total. The van der Waals surface area contributed by atoms with Crippen molar-refractivity contribution < 1.29 is 9.18 Å². The number of carbonyl (C=O) groups excluding carboxylic acids is 1. The topological polar surface area (TPSA) is 68.0 Å². The average molecular weight is 398 g/mol. The summed E-state index contributed by atoms with van der Waals surface area (Å²) in [6.07, 6.45) is 4.65. The minimum atomic E-state index is -0.745. The molecule has 142 valence electrons. The van der Waals surface area contributed by atoms with Crippen molar-refractivity contribution in [1.29, 1.82) is 0 Å². The molecule has 2 aromatic rings. The number of nitrogens with two attached hydrogens (primary N) is 1. The second kappa shape index (κ2) is 8.46. The van der Waals surface area contributed by atoms with Crippen LogP contribution < -0.4 is 11.1 Å². The molecule has 1 aliphatic rings. The van der Waals surface area contributed by atoms with E-state index in [1.807, 2.05) is 13.8 Å². The van der Waals surface area contributed by atoms with Crippen molar-refractivity contribution in [3.63, 3.8) is 0 Å². The van der Waals surface area contributed by atoms with Gasteiger partial charge in [-0.25, -0.2) is 9.37 Å². The monoisotopic (exact) mass is 397 g/mol. The van der Waals surface area contributed by atoms with Gasteiger partial charge in [0.2, 0.25) is 5.91 Å². The molecule has 1 saturated carbocycles. The standard InChI is InChI=1S/C19H24FN3OS.ClH/c1-12-16(25-17(22-12)14-6-8-15(20)9-7-14)13(2)23-18(24)19(21)10-4-3-5-11-19;/h6-9,13H,3-5,10-11,21H2,1-2H3,(H,23,24);1H. The maximum absolute atomic E-state index is 13.1. The minimum absolute atomic E-state index is 0. The van der Waals surface area contributed by atoms with Crippen LogP contribution in [0.3, 0.4) is 0 Å². The second-order valence-corrected chi connectivity index (χ2v) is 7.92. The fourth-order valence-corrected chi connectivity index (χ4v) is 4.42. The van der Waals surface area contributed by atoms with Gasteiger partial charge < -0.3 is 11.1 Å². The maximum atomic E-state index is 13.1. The number of aromatic nitrogens is 1. The number of rotatable bonds is 4. The first-order valence-electron chi connectivity index (χ1n) is 8.72. The van der Waals surface area contributed by atoms with Gasteiger partial charge in [-0.3, -0.25) is 4.79 Å². The van der Waals surface area contributed by atoms with E-state index in [1.54, 1.807) is 12.1 Å². The Bertz CT molecular complexity index is 757. The third kappa shape index (κ3) is 4.42. The Morgan fingerprint density at radius 3 is 2.50 bits per heavy atom. The van der Waals surface area contributed by atoms with E-state index < -0.39 is 5.54 Å². The average Bonchev–Trinajstić information content (AvgIpc) is 2.98. The van der Waals surface area contributed by atoms with Gasteiger partial charge in [-0.2, -0.15) is 0 Å². The highest BCUT2D eigenvalue weighted by molar-refractivity contribution is 7.15. The molecule has 1 atom stereocenters. The van der Waals surface area contributed by atoms with Crippen LogP contribution in [0, 0.1) is 12.7 Å². The summed E-state index contributed by atoms with van der Waals surface area (Å²) in [6.45, 7) is 3.89.